The average molecular weight is 360 g/mol. The van der Waals surface area contributed by atoms with Gasteiger partial charge in [-0.3, -0.25) is 9.59 Å². The highest BCUT2D eigenvalue weighted by molar-refractivity contribution is 7.92. The number of unbranched alkanes of at least 4 members (excludes halogenated alkanes) is 1. The second kappa shape index (κ2) is 8.58. The Morgan fingerprint density at radius 2 is 1.44 bits per heavy atom. The van der Waals surface area contributed by atoms with E-state index in [4.69, 9.17) is 5.11 Å². The molecule has 6 heteroatoms. The number of hydrogen-bond acceptors (Lipinski definition) is 4. The van der Waals surface area contributed by atoms with Gasteiger partial charge < -0.3 is 5.11 Å². The van der Waals surface area contributed by atoms with Crippen LogP contribution in [-0.4, -0.2) is 36.8 Å². The number of carboxylic acids is 1. The van der Waals surface area contributed by atoms with Crippen LogP contribution in [0, 0.1) is 0 Å². The molecule has 2 aromatic rings. The Bertz CT molecular complexity index is 824. The number of Topliss-reactive ketones (excluding diaryl/α,β-unsaturated/α-hetero) is 1. The van der Waals surface area contributed by atoms with E-state index in [0.717, 1.165) is 11.1 Å². The van der Waals surface area contributed by atoms with Gasteiger partial charge in [-0.1, -0.05) is 54.6 Å². The van der Waals surface area contributed by atoms with E-state index >= 15 is 0 Å². The largest absolute Gasteiger partial charge is 0.481 e. The molecule has 0 fully saturated rings. The molecule has 0 radical (unpaired) electrons. The maximum Gasteiger partial charge on any atom is 0.303 e. The van der Waals surface area contributed by atoms with Gasteiger partial charge in [0.1, 0.15) is 5.75 Å². The monoisotopic (exact) mass is 360 g/mol. The van der Waals surface area contributed by atoms with Crippen LogP contribution in [0.5, 0.6) is 0 Å². The quantitative estimate of drug-likeness (QED) is 0.548. The summed E-state index contributed by atoms with van der Waals surface area (Å²) < 4.78 is 24.0. The molecule has 1 N–H and O–H groups in total. The van der Waals surface area contributed by atoms with Crippen LogP contribution in [0.1, 0.15) is 29.6 Å². The van der Waals surface area contributed by atoms with Crippen LogP contribution in [0.25, 0.3) is 11.1 Å². The van der Waals surface area contributed by atoms with E-state index in [9.17, 15) is 18.0 Å². The molecule has 0 aliphatic carbocycles. The molecule has 2 rings (SSSR count). The molecule has 0 bridgehead atoms. The summed E-state index contributed by atoms with van der Waals surface area (Å²) in [7, 11) is -3.53. The van der Waals surface area contributed by atoms with Gasteiger partial charge in [-0.2, -0.15) is 0 Å². The van der Waals surface area contributed by atoms with E-state index in [1.54, 1.807) is 24.3 Å². The second-order valence-corrected chi connectivity index (χ2v) is 7.99. The lowest BCUT2D eigenvalue weighted by Crippen LogP contribution is -2.19. The molecular weight excluding hydrogens is 340 g/mol. The lowest BCUT2D eigenvalue weighted by atomic mass is 10.0. The Morgan fingerprint density at radius 1 is 0.840 bits per heavy atom. The number of aliphatic carboxylic acids is 1. The van der Waals surface area contributed by atoms with Crippen LogP contribution in [0.2, 0.25) is 0 Å². The summed E-state index contributed by atoms with van der Waals surface area (Å²) in [5, 5.41) is 8.54. The summed E-state index contributed by atoms with van der Waals surface area (Å²) in [6, 6.07) is 16.5. The van der Waals surface area contributed by atoms with Crippen molar-refractivity contribution in [2.24, 2.45) is 0 Å². The van der Waals surface area contributed by atoms with Crippen LogP contribution in [0.15, 0.2) is 54.6 Å². The van der Waals surface area contributed by atoms with E-state index < -0.39 is 27.3 Å². The summed E-state index contributed by atoms with van der Waals surface area (Å²) in [5.41, 5.74) is 2.33. The van der Waals surface area contributed by atoms with E-state index in [0.29, 0.717) is 5.56 Å². The summed E-state index contributed by atoms with van der Waals surface area (Å²) in [4.78, 5) is 22.6. The van der Waals surface area contributed by atoms with E-state index in [-0.39, 0.29) is 25.0 Å². The molecular formula is C19H20O5S. The number of carbonyl (C=O) groups is 2. The molecule has 25 heavy (non-hydrogen) atoms. The summed E-state index contributed by atoms with van der Waals surface area (Å²) in [5.74, 6) is -2.12. The fourth-order valence-electron chi connectivity index (χ4n) is 2.43. The molecule has 0 atom stereocenters. The molecule has 132 valence electrons. The van der Waals surface area contributed by atoms with Gasteiger partial charge in [-0.05, 0) is 24.0 Å². The number of rotatable bonds is 9. The normalized spacial score (nSPS) is 11.2. The van der Waals surface area contributed by atoms with Gasteiger partial charge in [0, 0.05) is 12.0 Å². The van der Waals surface area contributed by atoms with Gasteiger partial charge in [0.15, 0.2) is 15.6 Å². The Hall–Kier alpha value is -2.47. The predicted octanol–water partition coefficient (Wildman–Crippen LogP) is 3.21. The lowest BCUT2D eigenvalue weighted by molar-refractivity contribution is -0.137. The van der Waals surface area contributed by atoms with Crippen molar-refractivity contribution in [1.29, 1.82) is 0 Å². The van der Waals surface area contributed by atoms with Crippen molar-refractivity contribution in [3.63, 3.8) is 0 Å². The third-order valence-electron chi connectivity index (χ3n) is 3.76. The van der Waals surface area contributed by atoms with Gasteiger partial charge >= 0.3 is 5.97 Å². The number of ketones is 1. The van der Waals surface area contributed by atoms with Crippen molar-refractivity contribution in [2.75, 3.05) is 11.5 Å². The molecule has 0 amide bonds. The molecule has 0 aliphatic rings. The molecule has 5 nitrogen and oxygen atoms in total. The zero-order chi connectivity index (χ0) is 18.3. The highest BCUT2D eigenvalue weighted by atomic mass is 32.2. The Balaban J connectivity index is 1.95. The fraction of sp³-hybridized carbons (Fsp3) is 0.263. The van der Waals surface area contributed by atoms with Crippen molar-refractivity contribution in [2.45, 2.75) is 19.3 Å². The minimum absolute atomic E-state index is 0.0651. The molecule has 0 saturated heterocycles. The first kappa shape index (κ1) is 18.9. The summed E-state index contributed by atoms with van der Waals surface area (Å²) in [6.07, 6.45) is 0.466. The lowest BCUT2D eigenvalue weighted by Gasteiger charge is -2.06. The SMILES string of the molecule is O=C(O)CCCCS(=O)(=O)CC(=O)c1ccc(-c2ccccc2)cc1. The Labute approximate surface area is 147 Å². The number of sulfone groups is 1. The number of hydrogen-bond donors (Lipinski definition) is 1. The Morgan fingerprint density at radius 3 is 2.04 bits per heavy atom. The van der Waals surface area contributed by atoms with Crippen molar-refractivity contribution in [3.8, 4) is 11.1 Å². The predicted molar refractivity (Wildman–Crippen MR) is 96.3 cm³/mol. The van der Waals surface area contributed by atoms with Gasteiger partial charge in [0.25, 0.3) is 0 Å². The van der Waals surface area contributed by atoms with E-state index in [1.165, 1.54) is 0 Å². The maximum atomic E-state index is 12.2. The van der Waals surface area contributed by atoms with E-state index in [1.807, 2.05) is 30.3 Å². The standard InChI is InChI=1S/C19H20O5S/c20-18(14-25(23,24)13-5-4-8-19(21)22)17-11-9-16(10-12-17)15-6-2-1-3-7-15/h1-3,6-7,9-12H,4-5,8,13-14H2,(H,21,22). The average Bonchev–Trinajstić information content (AvgIpc) is 2.59. The molecule has 0 unspecified atom stereocenters. The second-order valence-electron chi connectivity index (χ2n) is 5.81. The maximum absolute atomic E-state index is 12.2. The third-order valence-corrected chi connectivity index (χ3v) is 5.37. The number of carbonyl (C=O) groups excluding carboxylic acids is 1. The zero-order valence-corrected chi connectivity index (χ0v) is 14.5. The van der Waals surface area contributed by atoms with Gasteiger partial charge in [-0.15, -0.1) is 0 Å². The number of benzene rings is 2. The third kappa shape index (κ3) is 6.15. The molecule has 0 saturated carbocycles. The van der Waals surface area contributed by atoms with Crippen molar-refractivity contribution in [1.82, 2.24) is 0 Å². The van der Waals surface area contributed by atoms with Crippen LogP contribution in [-0.2, 0) is 14.6 Å². The van der Waals surface area contributed by atoms with Gasteiger partial charge in [0.2, 0.25) is 0 Å². The fourth-order valence-corrected chi connectivity index (χ4v) is 3.79. The summed E-state index contributed by atoms with van der Waals surface area (Å²) in [6.45, 7) is 0. The van der Waals surface area contributed by atoms with E-state index in [2.05, 4.69) is 0 Å². The highest BCUT2D eigenvalue weighted by Gasteiger charge is 2.18. The van der Waals surface area contributed by atoms with Crippen LogP contribution >= 0.6 is 0 Å². The van der Waals surface area contributed by atoms with Crippen LogP contribution in [0.4, 0.5) is 0 Å². The first-order valence-corrected chi connectivity index (χ1v) is 9.80. The highest BCUT2D eigenvalue weighted by Crippen LogP contribution is 2.19. The molecule has 0 heterocycles. The Kier molecular flexibility index (Phi) is 6.47. The van der Waals surface area contributed by atoms with Crippen LogP contribution in [0.3, 0.4) is 0 Å². The first-order chi connectivity index (χ1) is 11.9. The number of carboxylic acid groups (broad SMARTS) is 1. The molecule has 0 aliphatic heterocycles. The molecule has 0 aromatic heterocycles. The first-order valence-electron chi connectivity index (χ1n) is 7.98. The van der Waals surface area contributed by atoms with Crippen LogP contribution < -0.4 is 0 Å². The smallest absolute Gasteiger partial charge is 0.303 e. The molecule has 0 spiro atoms. The van der Waals surface area contributed by atoms with Gasteiger partial charge in [0.05, 0.1) is 5.75 Å². The van der Waals surface area contributed by atoms with Crippen molar-refractivity contribution < 1.29 is 23.1 Å². The van der Waals surface area contributed by atoms with Gasteiger partial charge in [-0.25, -0.2) is 8.42 Å². The van der Waals surface area contributed by atoms with Crippen molar-refractivity contribution in [3.05, 3.63) is 60.2 Å². The molecule has 2 aromatic carbocycles. The minimum Gasteiger partial charge on any atom is -0.481 e. The zero-order valence-electron chi connectivity index (χ0n) is 13.7. The summed E-state index contributed by atoms with van der Waals surface area (Å²) >= 11 is 0. The topological polar surface area (TPSA) is 88.5 Å². The minimum atomic E-state index is -3.53. The van der Waals surface area contributed by atoms with Crippen molar-refractivity contribution >= 4 is 21.6 Å².